The van der Waals surface area contributed by atoms with Crippen LogP contribution in [-0.4, -0.2) is 51.5 Å². The van der Waals surface area contributed by atoms with Gasteiger partial charge in [0.15, 0.2) is 17.2 Å². The predicted molar refractivity (Wildman–Crippen MR) is 99.1 cm³/mol. The molecule has 0 bridgehead atoms. The van der Waals surface area contributed by atoms with Crippen molar-refractivity contribution in [2.75, 3.05) is 20.1 Å². The number of likely N-dealkylation sites (tertiary alicyclic amines) is 1. The van der Waals surface area contributed by atoms with E-state index in [4.69, 9.17) is 0 Å². The van der Waals surface area contributed by atoms with Crippen LogP contribution in [0.15, 0.2) is 23.6 Å². The maximum absolute atomic E-state index is 13.4. The number of carbonyl (C=O) groups is 1. The van der Waals surface area contributed by atoms with E-state index in [0.717, 1.165) is 22.8 Å². The number of amides is 1. The molecular weight excluding hydrogens is 372 g/mol. The van der Waals surface area contributed by atoms with Crippen LogP contribution in [0.3, 0.4) is 0 Å². The molecule has 5 nitrogen and oxygen atoms in total. The van der Waals surface area contributed by atoms with Gasteiger partial charge in [0.25, 0.3) is 5.91 Å². The van der Waals surface area contributed by atoms with Gasteiger partial charge in [-0.25, -0.2) is 13.8 Å². The summed E-state index contributed by atoms with van der Waals surface area (Å²) in [6, 6.07) is 3.60. The smallest absolute Gasteiger partial charge is 0.256 e. The van der Waals surface area contributed by atoms with Gasteiger partial charge < -0.3 is 10.0 Å². The van der Waals surface area contributed by atoms with Crippen LogP contribution in [0.1, 0.15) is 29.1 Å². The van der Waals surface area contributed by atoms with E-state index in [-0.39, 0.29) is 19.0 Å². The highest BCUT2D eigenvalue weighted by atomic mass is 32.1. The van der Waals surface area contributed by atoms with Crippen LogP contribution in [0.4, 0.5) is 8.78 Å². The molecule has 1 aliphatic rings. The molecule has 0 radical (unpaired) electrons. The molecule has 146 valence electrons. The van der Waals surface area contributed by atoms with Crippen LogP contribution in [0.25, 0.3) is 0 Å². The van der Waals surface area contributed by atoms with E-state index in [1.807, 2.05) is 24.3 Å². The summed E-state index contributed by atoms with van der Waals surface area (Å²) < 4.78 is 26.5. The zero-order valence-corrected chi connectivity index (χ0v) is 16.2. The maximum Gasteiger partial charge on any atom is 0.256 e. The lowest BCUT2D eigenvalue weighted by atomic mass is 9.91. The Morgan fingerprint density at radius 1 is 1.37 bits per heavy atom. The van der Waals surface area contributed by atoms with Gasteiger partial charge in [-0.1, -0.05) is 6.07 Å². The van der Waals surface area contributed by atoms with Gasteiger partial charge in [0, 0.05) is 30.7 Å². The van der Waals surface area contributed by atoms with Gasteiger partial charge in [-0.3, -0.25) is 9.69 Å². The Hall–Kier alpha value is -1.90. The van der Waals surface area contributed by atoms with Crippen LogP contribution in [0.2, 0.25) is 0 Å². The van der Waals surface area contributed by atoms with Crippen molar-refractivity contribution >= 4 is 17.2 Å². The molecule has 8 heteroatoms. The van der Waals surface area contributed by atoms with Crippen molar-refractivity contribution in [3.63, 3.8) is 0 Å². The number of hydrogen-bond acceptors (Lipinski definition) is 5. The second-order valence-corrected chi connectivity index (χ2v) is 8.11. The zero-order valence-electron chi connectivity index (χ0n) is 15.4. The molecule has 0 spiro atoms. The van der Waals surface area contributed by atoms with E-state index >= 15 is 0 Å². The van der Waals surface area contributed by atoms with Crippen LogP contribution in [0, 0.1) is 18.6 Å². The number of piperidine rings is 1. The molecule has 1 aliphatic heterocycles. The fourth-order valence-corrected chi connectivity index (χ4v) is 4.28. The van der Waals surface area contributed by atoms with Crippen molar-refractivity contribution in [3.05, 3.63) is 51.5 Å². The average molecular weight is 395 g/mol. The van der Waals surface area contributed by atoms with Crippen LogP contribution >= 0.6 is 11.3 Å². The number of nitrogens with zero attached hydrogens (tertiary/aromatic N) is 3. The molecule has 2 aromatic rings. The van der Waals surface area contributed by atoms with E-state index in [0.29, 0.717) is 31.5 Å². The number of carbonyl (C=O) groups excluding carboxylic acids is 1. The summed E-state index contributed by atoms with van der Waals surface area (Å²) in [6.45, 7) is 3.30. The van der Waals surface area contributed by atoms with E-state index < -0.39 is 17.2 Å². The van der Waals surface area contributed by atoms with Crippen LogP contribution < -0.4 is 0 Å². The molecule has 1 saturated heterocycles. The average Bonchev–Trinajstić information content (AvgIpc) is 3.00. The molecule has 1 amide bonds. The lowest BCUT2D eigenvalue weighted by molar-refractivity contribution is -0.160. The van der Waals surface area contributed by atoms with E-state index in [2.05, 4.69) is 4.98 Å². The molecule has 1 N–H and O–H groups in total. The van der Waals surface area contributed by atoms with Gasteiger partial charge in [-0.15, -0.1) is 11.3 Å². The first-order chi connectivity index (χ1) is 12.8. The van der Waals surface area contributed by atoms with E-state index in [9.17, 15) is 18.7 Å². The minimum Gasteiger partial charge on any atom is -0.379 e. The molecule has 0 unspecified atom stereocenters. The Morgan fingerprint density at radius 3 is 2.81 bits per heavy atom. The monoisotopic (exact) mass is 395 g/mol. The summed E-state index contributed by atoms with van der Waals surface area (Å²) in [5.41, 5.74) is -0.0376. The lowest BCUT2D eigenvalue weighted by Gasteiger charge is -2.40. The molecule has 27 heavy (non-hydrogen) atoms. The summed E-state index contributed by atoms with van der Waals surface area (Å²) in [5, 5.41) is 13.9. The minimum atomic E-state index is -1.49. The molecular formula is C19H23F2N3O2S. The fraction of sp³-hybridized carbons (Fsp3) is 0.474. The number of likely N-dealkylation sites (N-methyl/N-ethyl adjacent to an activating group) is 1. The number of rotatable bonds is 6. The number of hydrogen-bond donors (Lipinski definition) is 1. The van der Waals surface area contributed by atoms with Crippen molar-refractivity contribution in [1.29, 1.82) is 0 Å². The van der Waals surface area contributed by atoms with E-state index in [1.54, 1.807) is 11.3 Å². The largest absolute Gasteiger partial charge is 0.379 e. The fourth-order valence-electron chi connectivity index (χ4n) is 3.43. The first-order valence-corrected chi connectivity index (χ1v) is 9.70. The first-order valence-electron chi connectivity index (χ1n) is 8.82. The highest BCUT2D eigenvalue weighted by Crippen LogP contribution is 2.26. The molecule has 1 aromatic carbocycles. The normalized spacial score (nSPS) is 20.5. The highest BCUT2D eigenvalue weighted by molar-refractivity contribution is 7.09. The molecule has 1 fully saturated rings. The summed E-state index contributed by atoms with van der Waals surface area (Å²) >= 11 is 1.55. The first kappa shape index (κ1) is 19.9. The van der Waals surface area contributed by atoms with Gasteiger partial charge in [0.05, 0.1) is 6.54 Å². The molecule has 2 heterocycles. The minimum absolute atomic E-state index is 0.147. The standard InChI is InChI=1S/C19H23F2N3O2S/c1-13-11-27-17(22-13)10-23(2)12-19(26)6-3-7-24(18(19)25)9-14-4-5-15(20)16(21)8-14/h4-5,8,11,26H,3,6-7,9-10,12H2,1-2H3/t19-/m0/s1. The van der Waals surface area contributed by atoms with Gasteiger partial charge in [0.1, 0.15) is 5.01 Å². The van der Waals surface area contributed by atoms with Crippen molar-refractivity contribution in [1.82, 2.24) is 14.8 Å². The van der Waals surface area contributed by atoms with Crippen LogP contribution in [0.5, 0.6) is 0 Å². The number of aliphatic hydroxyl groups is 1. The number of aromatic nitrogens is 1. The van der Waals surface area contributed by atoms with Gasteiger partial charge >= 0.3 is 0 Å². The molecule has 3 rings (SSSR count). The van der Waals surface area contributed by atoms with Gasteiger partial charge in [-0.2, -0.15) is 0 Å². The van der Waals surface area contributed by atoms with Crippen molar-refractivity contribution in [2.45, 2.75) is 38.5 Å². The van der Waals surface area contributed by atoms with E-state index in [1.165, 1.54) is 11.0 Å². The van der Waals surface area contributed by atoms with Crippen LogP contribution in [-0.2, 0) is 17.9 Å². The topological polar surface area (TPSA) is 56.7 Å². The number of halogens is 2. The number of aryl methyl sites for hydroxylation is 1. The third kappa shape index (κ3) is 4.69. The molecule has 0 aliphatic carbocycles. The predicted octanol–water partition coefficient (Wildman–Crippen LogP) is 2.72. The second-order valence-electron chi connectivity index (χ2n) is 7.17. The SMILES string of the molecule is Cc1csc(CN(C)C[C@@]2(O)CCCN(Cc3ccc(F)c(F)c3)C2=O)n1. The quantitative estimate of drug-likeness (QED) is 0.817. The van der Waals surface area contributed by atoms with Gasteiger partial charge in [0.2, 0.25) is 0 Å². The Balaban J connectivity index is 1.66. The zero-order chi connectivity index (χ0) is 19.6. The molecule has 1 aromatic heterocycles. The summed E-state index contributed by atoms with van der Waals surface area (Å²) in [7, 11) is 1.84. The summed E-state index contributed by atoms with van der Waals surface area (Å²) in [5.74, 6) is -2.23. The Bertz CT molecular complexity index is 829. The van der Waals surface area contributed by atoms with Crippen molar-refractivity contribution in [3.8, 4) is 0 Å². The Morgan fingerprint density at radius 2 is 2.15 bits per heavy atom. The molecule has 0 saturated carbocycles. The highest BCUT2D eigenvalue weighted by Gasteiger charge is 2.42. The number of thiazole rings is 1. The summed E-state index contributed by atoms with van der Waals surface area (Å²) in [4.78, 5) is 20.7. The summed E-state index contributed by atoms with van der Waals surface area (Å²) in [6.07, 6.45) is 1.03. The van der Waals surface area contributed by atoms with Crippen molar-refractivity contribution < 1.29 is 18.7 Å². The molecule has 1 atom stereocenters. The maximum atomic E-state index is 13.4. The number of benzene rings is 1. The third-order valence-corrected chi connectivity index (χ3v) is 5.62. The lowest BCUT2D eigenvalue weighted by Crippen LogP contribution is -2.57. The Labute approximate surface area is 161 Å². The third-order valence-electron chi connectivity index (χ3n) is 4.66. The Kier molecular flexibility index (Phi) is 5.88. The van der Waals surface area contributed by atoms with Gasteiger partial charge in [-0.05, 0) is 44.5 Å². The second kappa shape index (κ2) is 8.00. The van der Waals surface area contributed by atoms with Crippen molar-refractivity contribution in [2.24, 2.45) is 0 Å².